The van der Waals surface area contributed by atoms with E-state index in [2.05, 4.69) is 39.8 Å². The van der Waals surface area contributed by atoms with Gasteiger partial charge in [-0.3, -0.25) is 0 Å². The Morgan fingerprint density at radius 1 is 1.28 bits per heavy atom. The number of rotatable bonds is 8. The summed E-state index contributed by atoms with van der Waals surface area (Å²) in [6.45, 7) is 6.41. The molecule has 0 spiro atoms. The van der Waals surface area contributed by atoms with Crippen LogP contribution in [0.4, 0.5) is 13.2 Å². The number of thiazole rings is 1. The van der Waals surface area contributed by atoms with Gasteiger partial charge in [-0.15, -0.1) is 35.3 Å². The van der Waals surface area contributed by atoms with Crippen molar-refractivity contribution in [1.29, 1.82) is 0 Å². The summed E-state index contributed by atoms with van der Waals surface area (Å²) in [6.07, 6.45) is -4.36. The lowest BCUT2D eigenvalue weighted by Crippen LogP contribution is -2.36. The first-order valence-corrected chi connectivity index (χ1v) is 9.89. The van der Waals surface area contributed by atoms with E-state index >= 15 is 0 Å². The van der Waals surface area contributed by atoms with Crippen molar-refractivity contribution in [3.05, 3.63) is 45.9 Å². The molecule has 0 saturated heterocycles. The molecule has 0 aliphatic carbocycles. The summed E-state index contributed by atoms with van der Waals surface area (Å²) in [7, 11) is 0. The van der Waals surface area contributed by atoms with E-state index in [-0.39, 0.29) is 29.7 Å². The summed E-state index contributed by atoms with van der Waals surface area (Å²) in [5.74, 6) is 1.18. The Kier molecular flexibility index (Phi) is 10.7. The van der Waals surface area contributed by atoms with Crippen molar-refractivity contribution in [3.8, 4) is 5.75 Å². The van der Waals surface area contributed by atoms with E-state index < -0.39 is 12.8 Å². The Balaban J connectivity index is 0.00000420. The van der Waals surface area contributed by atoms with Crippen LogP contribution in [0.15, 0.2) is 34.6 Å². The standard InChI is InChI=1S/C19H25F3N4OS.HI/c1-4-23-18(25-10-17-26-16(11-28-17)13(2)3)24-9-14-6-5-7-15(8-14)27-12-19(20,21)22;/h5-8,11,13H,4,9-10,12H2,1-3H3,(H2,23,24,25);1H. The Hall–Kier alpha value is -1.56. The first kappa shape index (κ1) is 25.5. The third-order valence-electron chi connectivity index (χ3n) is 3.63. The normalized spacial score (nSPS) is 11.9. The van der Waals surface area contributed by atoms with Gasteiger partial charge in [-0.2, -0.15) is 13.2 Å². The van der Waals surface area contributed by atoms with Crippen LogP contribution < -0.4 is 15.4 Å². The van der Waals surface area contributed by atoms with Crippen LogP contribution >= 0.6 is 35.3 Å². The van der Waals surface area contributed by atoms with Crippen LogP contribution in [0.1, 0.15) is 43.0 Å². The summed E-state index contributed by atoms with van der Waals surface area (Å²) in [6, 6.07) is 6.51. The van der Waals surface area contributed by atoms with E-state index in [1.54, 1.807) is 29.5 Å². The molecule has 1 heterocycles. The topological polar surface area (TPSA) is 58.5 Å². The molecule has 0 aliphatic heterocycles. The molecule has 0 bridgehead atoms. The van der Waals surface area contributed by atoms with Gasteiger partial charge < -0.3 is 15.4 Å². The molecular formula is C19H26F3IN4OS. The van der Waals surface area contributed by atoms with Gasteiger partial charge >= 0.3 is 6.18 Å². The molecule has 0 amide bonds. The number of ether oxygens (including phenoxy) is 1. The number of benzene rings is 1. The zero-order valence-corrected chi connectivity index (χ0v) is 19.7. The Morgan fingerprint density at radius 3 is 2.66 bits per heavy atom. The molecule has 1 aromatic heterocycles. The maximum absolute atomic E-state index is 12.3. The largest absolute Gasteiger partial charge is 0.484 e. The molecule has 162 valence electrons. The summed E-state index contributed by atoms with van der Waals surface area (Å²) in [4.78, 5) is 9.06. The van der Waals surface area contributed by atoms with Crippen molar-refractivity contribution in [2.24, 2.45) is 4.99 Å². The van der Waals surface area contributed by atoms with Gasteiger partial charge in [-0.25, -0.2) is 9.98 Å². The average molecular weight is 542 g/mol. The van der Waals surface area contributed by atoms with E-state index in [0.29, 0.717) is 31.5 Å². The van der Waals surface area contributed by atoms with E-state index in [9.17, 15) is 13.2 Å². The van der Waals surface area contributed by atoms with Crippen molar-refractivity contribution < 1.29 is 17.9 Å². The van der Waals surface area contributed by atoms with Crippen molar-refractivity contribution >= 4 is 41.3 Å². The molecule has 0 fully saturated rings. The van der Waals surface area contributed by atoms with Crippen LogP contribution in [0.25, 0.3) is 0 Å². The molecule has 10 heteroatoms. The lowest BCUT2D eigenvalue weighted by molar-refractivity contribution is -0.153. The molecule has 0 saturated carbocycles. The third-order valence-corrected chi connectivity index (χ3v) is 4.50. The predicted molar refractivity (Wildman–Crippen MR) is 121 cm³/mol. The van der Waals surface area contributed by atoms with Crippen LogP contribution in [-0.2, 0) is 13.1 Å². The van der Waals surface area contributed by atoms with Crippen LogP contribution in [0.2, 0.25) is 0 Å². The van der Waals surface area contributed by atoms with Gasteiger partial charge in [0.15, 0.2) is 12.6 Å². The fraction of sp³-hybridized carbons (Fsp3) is 0.474. The fourth-order valence-corrected chi connectivity index (χ4v) is 3.14. The minimum atomic E-state index is -4.36. The monoisotopic (exact) mass is 542 g/mol. The van der Waals surface area contributed by atoms with Gasteiger partial charge in [0.2, 0.25) is 0 Å². The highest BCUT2D eigenvalue weighted by atomic mass is 127. The molecule has 0 atom stereocenters. The van der Waals surface area contributed by atoms with E-state index in [4.69, 9.17) is 4.74 Å². The first-order chi connectivity index (χ1) is 13.3. The quantitative estimate of drug-likeness (QED) is 0.278. The van der Waals surface area contributed by atoms with Gasteiger partial charge in [-0.05, 0) is 30.5 Å². The number of aromatic nitrogens is 1. The minimum absolute atomic E-state index is 0. The Morgan fingerprint density at radius 2 is 2.03 bits per heavy atom. The molecule has 2 N–H and O–H groups in total. The number of alkyl halides is 3. The van der Waals surface area contributed by atoms with E-state index in [1.807, 2.05) is 6.92 Å². The first-order valence-electron chi connectivity index (χ1n) is 9.01. The van der Waals surface area contributed by atoms with Gasteiger partial charge in [0.25, 0.3) is 0 Å². The zero-order valence-electron chi connectivity index (χ0n) is 16.5. The number of hydrogen-bond acceptors (Lipinski definition) is 4. The number of hydrogen-bond donors (Lipinski definition) is 2. The lowest BCUT2D eigenvalue weighted by Gasteiger charge is -2.11. The number of nitrogens with one attached hydrogen (secondary N) is 2. The second kappa shape index (κ2) is 12.2. The van der Waals surface area contributed by atoms with Crippen LogP contribution in [0, 0.1) is 0 Å². The number of halogens is 4. The fourth-order valence-electron chi connectivity index (χ4n) is 2.24. The average Bonchev–Trinajstić information content (AvgIpc) is 3.11. The van der Waals surface area contributed by atoms with Crippen molar-refractivity contribution in [3.63, 3.8) is 0 Å². The third kappa shape index (κ3) is 9.66. The summed E-state index contributed by atoms with van der Waals surface area (Å²) < 4.78 is 41.6. The number of aliphatic imine (C=N–C) groups is 1. The predicted octanol–water partition coefficient (Wildman–Crippen LogP) is 5.08. The molecule has 2 rings (SSSR count). The zero-order chi connectivity index (χ0) is 20.6. The molecule has 0 unspecified atom stereocenters. The molecule has 29 heavy (non-hydrogen) atoms. The Labute approximate surface area is 190 Å². The van der Waals surface area contributed by atoms with E-state index in [1.165, 1.54) is 6.07 Å². The van der Waals surface area contributed by atoms with Gasteiger partial charge in [0.05, 0.1) is 18.8 Å². The molecule has 0 radical (unpaired) electrons. The van der Waals surface area contributed by atoms with Gasteiger partial charge in [0.1, 0.15) is 10.8 Å². The molecule has 2 aromatic rings. The smallest absolute Gasteiger partial charge is 0.422 e. The number of nitrogens with zero attached hydrogens (tertiary/aromatic N) is 2. The van der Waals surface area contributed by atoms with Crippen LogP contribution in [0.3, 0.4) is 0 Å². The maximum atomic E-state index is 12.3. The second-order valence-electron chi connectivity index (χ2n) is 6.42. The van der Waals surface area contributed by atoms with Gasteiger partial charge in [-0.1, -0.05) is 26.0 Å². The minimum Gasteiger partial charge on any atom is -0.484 e. The van der Waals surface area contributed by atoms with Crippen molar-refractivity contribution in [2.75, 3.05) is 13.2 Å². The second-order valence-corrected chi connectivity index (χ2v) is 7.36. The van der Waals surface area contributed by atoms with Crippen LogP contribution in [-0.4, -0.2) is 30.3 Å². The maximum Gasteiger partial charge on any atom is 0.422 e. The highest BCUT2D eigenvalue weighted by molar-refractivity contribution is 14.0. The number of guanidine groups is 1. The van der Waals surface area contributed by atoms with E-state index in [0.717, 1.165) is 16.3 Å². The van der Waals surface area contributed by atoms with Crippen molar-refractivity contribution in [1.82, 2.24) is 15.6 Å². The highest BCUT2D eigenvalue weighted by Crippen LogP contribution is 2.20. The summed E-state index contributed by atoms with van der Waals surface area (Å²) in [5.41, 5.74) is 1.83. The SMILES string of the molecule is CCNC(=NCc1cccc(OCC(F)(F)F)c1)NCc1nc(C(C)C)cs1.I. The molecule has 1 aromatic carbocycles. The Bertz CT molecular complexity index is 781. The lowest BCUT2D eigenvalue weighted by atomic mass is 10.2. The van der Waals surface area contributed by atoms with Crippen molar-refractivity contribution in [2.45, 2.75) is 46.0 Å². The van der Waals surface area contributed by atoms with Crippen LogP contribution in [0.5, 0.6) is 5.75 Å². The molecular weight excluding hydrogens is 516 g/mol. The summed E-state index contributed by atoms with van der Waals surface area (Å²) in [5, 5.41) is 9.40. The summed E-state index contributed by atoms with van der Waals surface area (Å²) >= 11 is 1.60. The highest BCUT2D eigenvalue weighted by Gasteiger charge is 2.28. The molecule has 5 nitrogen and oxygen atoms in total. The van der Waals surface area contributed by atoms with Gasteiger partial charge in [0, 0.05) is 11.9 Å². The molecule has 0 aliphatic rings.